The highest BCUT2D eigenvalue weighted by molar-refractivity contribution is 5.74. The number of methoxy groups -OCH3 is 1. The van der Waals surface area contributed by atoms with Gasteiger partial charge in [0, 0.05) is 13.7 Å². The minimum atomic E-state index is -0.230. The maximum atomic E-state index is 11.8. The van der Waals surface area contributed by atoms with E-state index in [1.54, 1.807) is 7.11 Å². The molecule has 112 valence electrons. The summed E-state index contributed by atoms with van der Waals surface area (Å²) in [6, 6.07) is -0.438. The number of carbonyl (C=O) groups is 1. The smallest absolute Gasteiger partial charge is 0.315 e. The van der Waals surface area contributed by atoms with Crippen LogP contribution in [0.3, 0.4) is 0 Å². The fourth-order valence-corrected chi connectivity index (χ4v) is 2.40. The Morgan fingerprint density at radius 2 is 2.05 bits per heavy atom. The molecule has 0 spiro atoms. The molecule has 1 aliphatic rings. The summed E-state index contributed by atoms with van der Waals surface area (Å²) in [7, 11) is 1.69. The van der Waals surface area contributed by atoms with Crippen molar-refractivity contribution in [3.8, 4) is 0 Å². The molecular formula is C14H28N2O3. The lowest BCUT2D eigenvalue weighted by Crippen LogP contribution is -2.53. The van der Waals surface area contributed by atoms with Gasteiger partial charge < -0.3 is 20.5 Å². The number of ether oxygens (including phenoxy) is 1. The van der Waals surface area contributed by atoms with E-state index in [-0.39, 0.29) is 29.7 Å². The first-order chi connectivity index (χ1) is 8.80. The van der Waals surface area contributed by atoms with E-state index in [0.29, 0.717) is 6.54 Å². The van der Waals surface area contributed by atoms with Crippen LogP contribution in [0.5, 0.6) is 0 Å². The summed E-state index contributed by atoms with van der Waals surface area (Å²) in [6.45, 7) is 6.75. The van der Waals surface area contributed by atoms with E-state index < -0.39 is 0 Å². The van der Waals surface area contributed by atoms with E-state index in [0.717, 1.165) is 25.7 Å². The van der Waals surface area contributed by atoms with Gasteiger partial charge in [-0.1, -0.05) is 20.8 Å². The van der Waals surface area contributed by atoms with Gasteiger partial charge in [0.2, 0.25) is 0 Å². The van der Waals surface area contributed by atoms with Crippen LogP contribution in [0.15, 0.2) is 0 Å². The number of aliphatic hydroxyl groups is 1. The summed E-state index contributed by atoms with van der Waals surface area (Å²) >= 11 is 0. The maximum Gasteiger partial charge on any atom is 0.315 e. The molecule has 0 heterocycles. The molecule has 0 radical (unpaired) electrons. The topological polar surface area (TPSA) is 70.6 Å². The molecule has 1 saturated carbocycles. The molecule has 0 aromatic heterocycles. The first-order valence-corrected chi connectivity index (χ1v) is 7.01. The SMILES string of the molecule is COC1(CNC(=O)NC(CO)CC(C)(C)C)CCC1. The van der Waals surface area contributed by atoms with Crippen molar-refractivity contribution in [3.05, 3.63) is 0 Å². The Balaban J connectivity index is 2.33. The van der Waals surface area contributed by atoms with Gasteiger partial charge in [-0.2, -0.15) is 0 Å². The third-order valence-electron chi connectivity index (χ3n) is 3.68. The Hall–Kier alpha value is -0.810. The zero-order valence-electron chi connectivity index (χ0n) is 12.6. The van der Waals surface area contributed by atoms with E-state index in [9.17, 15) is 9.90 Å². The molecule has 1 atom stereocenters. The van der Waals surface area contributed by atoms with Crippen molar-refractivity contribution in [2.24, 2.45) is 5.41 Å². The highest BCUT2D eigenvalue weighted by Gasteiger charge is 2.37. The second-order valence-corrected chi connectivity index (χ2v) is 6.71. The van der Waals surface area contributed by atoms with Gasteiger partial charge in [-0.05, 0) is 31.1 Å². The van der Waals surface area contributed by atoms with E-state index in [1.807, 2.05) is 0 Å². The van der Waals surface area contributed by atoms with Crippen LogP contribution < -0.4 is 10.6 Å². The minimum Gasteiger partial charge on any atom is -0.394 e. The predicted molar refractivity (Wildman–Crippen MR) is 75.1 cm³/mol. The van der Waals surface area contributed by atoms with Crippen LogP contribution in [-0.4, -0.2) is 43.0 Å². The quantitative estimate of drug-likeness (QED) is 0.688. The maximum absolute atomic E-state index is 11.8. The Kier molecular flexibility index (Phi) is 5.62. The molecule has 0 aromatic rings. The molecule has 0 aliphatic heterocycles. The van der Waals surface area contributed by atoms with E-state index in [2.05, 4.69) is 31.4 Å². The summed E-state index contributed by atoms with van der Waals surface area (Å²) in [6.07, 6.45) is 3.89. The molecule has 19 heavy (non-hydrogen) atoms. The molecule has 3 N–H and O–H groups in total. The van der Waals surface area contributed by atoms with Crippen molar-refractivity contribution in [1.29, 1.82) is 0 Å². The fraction of sp³-hybridized carbons (Fsp3) is 0.929. The molecule has 0 aromatic carbocycles. The molecule has 5 heteroatoms. The highest BCUT2D eigenvalue weighted by atomic mass is 16.5. The monoisotopic (exact) mass is 272 g/mol. The lowest BCUT2D eigenvalue weighted by molar-refractivity contribution is -0.0674. The van der Waals surface area contributed by atoms with Gasteiger partial charge in [0.25, 0.3) is 0 Å². The van der Waals surface area contributed by atoms with Crippen LogP contribution in [0.2, 0.25) is 0 Å². The molecule has 0 bridgehead atoms. The van der Waals surface area contributed by atoms with Crippen molar-refractivity contribution < 1.29 is 14.6 Å². The number of amides is 2. The normalized spacial score (nSPS) is 19.4. The Morgan fingerprint density at radius 3 is 2.42 bits per heavy atom. The first-order valence-electron chi connectivity index (χ1n) is 7.01. The number of hydrogen-bond acceptors (Lipinski definition) is 3. The lowest BCUT2D eigenvalue weighted by atomic mass is 9.80. The number of aliphatic hydroxyl groups excluding tert-OH is 1. The van der Waals surface area contributed by atoms with Crippen LogP contribution >= 0.6 is 0 Å². The Morgan fingerprint density at radius 1 is 1.42 bits per heavy atom. The van der Waals surface area contributed by atoms with Crippen LogP contribution in [0, 0.1) is 5.41 Å². The fourth-order valence-electron chi connectivity index (χ4n) is 2.40. The van der Waals surface area contributed by atoms with Gasteiger partial charge in [0.05, 0.1) is 18.2 Å². The average molecular weight is 272 g/mol. The molecule has 0 saturated heterocycles. The van der Waals surface area contributed by atoms with Crippen LogP contribution in [-0.2, 0) is 4.74 Å². The van der Waals surface area contributed by atoms with Crippen molar-refractivity contribution in [3.63, 3.8) is 0 Å². The second kappa shape index (κ2) is 6.57. The average Bonchev–Trinajstić information content (AvgIpc) is 2.25. The summed E-state index contributed by atoms with van der Waals surface area (Å²) in [5.41, 5.74) is -0.0987. The van der Waals surface area contributed by atoms with Crippen molar-refractivity contribution >= 4 is 6.03 Å². The molecule has 5 nitrogen and oxygen atoms in total. The van der Waals surface area contributed by atoms with Gasteiger partial charge in [-0.25, -0.2) is 4.79 Å². The number of rotatable bonds is 6. The Labute approximate surface area is 116 Å². The molecular weight excluding hydrogens is 244 g/mol. The lowest BCUT2D eigenvalue weighted by Gasteiger charge is -2.40. The zero-order valence-corrected chi connectivity index (χ0v) is 12.6. The first kappa shape index (κ1) is 16.2. The number of urea groups is 1. The number of hydrogen-bond donors (Lipinski definition) is 3. The van der Waals surface area contributed by atoms with E-state index in [1.165, 1.54) is 0 Å². The van der Waals surface area contributed by atoms with Crippen LogP contribution in [0.25, 0.3) is 0 Å². The van der Waals surface area contributed by atoms with Crippen LogP contribution in [0.4, 0.5) is 4.79 Å². The summed E-state index contributed by atoms with van der Waals surface area (Å²) in [5.74, 6) is 0. The second-order valence-electron chi connectivity index (χ2n) is 6.71. The van der Waals surface area contributed by atoms with Gasteiger partial charge in [0.1, 0.15) is 0 Å². The molecule has 1 fully saturated rings. The third-order valence-corrected chi connectivity index (χ3v) is 3.68. The van der Waals surface area contributed by atoms with Crippen LogP contribution in [0.1, 0.15) is 46.5 Å². The Bertz CT molecular complexity index is 290. The van der Waals surface area contributed by atoms with Gasteiger partial charge in [-0.15, -0.1) is 0 Å². The van der Waals surface area contributed by atoms with Gasteiger partial charge >= 0.3 is 6.03 Å². The molecule has 1 rings (SSSR count). The summed E-state index contributed by atoms with van der Waals surface area (Å²) in [5, 5.41) is 15.0. The molecule has 1 aliphatic carbocycles. The van der Waals surface area contributed by atoms with E-state index in [4.69, 9.17) is 4.74 Å². The standard InChI is InChI=1S/C14H28N2O3/c1-13(2,3)8-11(9-17)16-12(18)15-10-14(19-4)6-5-7-14/h11,17H,5-10H2,1-4H3,(H2,15,16,18). The van der Waals surface area contributed by atoms with E-state index >= 15 is 0 Å². The summed E-state index contributed by atoms with van der Waals surface area (Å²) in [4.78, 5) is 11.8. The van der Waals surface area contributed by atoms with Crippen molar-refractivity contribution in [2.45, 2.75) is 58.1 Å². The van der Waals surface area contributed by atoms with Gasteiger partial charge in [0.15, 0.2) is 0 Å². The minimum absolute atomic E-state index is 0.0416. The number of carbonyl (C=O) groups excluding carboxylic acids is 1. The molecule has 1 unspecified atom stereocenters. The largest absolute Gasteiger partial charge is 0.394 e. The molecule has 2 amide bonds. The third kappa shape index (κ3) is 5.37. The zero-order chi connectivity index (χ0) is 14.5. The predicted octanol–water partition coefficient (Wildman–Crippen LogP) is 1.65. The highest BCUT2D eigenvalue weighted by Crippen LogP contribution is 2.34. The van der Waals surface area contributed by atoms with Crippen molar-refractivity contribution in [1.82, 2.24) is 10.6 Å². The number of nitrogens with one attached hydrogen (secondary N) is 2. The van der Waals surface area contributed by atoms with Gasteiger partial charge in [-0.3, -0.25) is 0 Å². The van der Waals surface area contributed by atoms with Crippen molar-refractivity contribution in [2.75, 3.05) is 20.3 Å². The summed E-state index contributed by atoms with van der Waals surface area (Å²) < 4.78 is 5.44.